The van der Waals surface area contributed by atoms with Gasteiger partial charge >= 0.3 is 0 Å². The van der Waals surface area contributed by atoms with E-state index in [2.05, 4.69) is 10.4 Å². The number of hydrogen-bond acceptors (Lipinski definition) is 2. The molecular formula is C18H13N3O. The van der Waals surface area contributed by atoms with E-state index in [0.29, 0.717) is 5.69 Å². The summed E-state index contributed by atoms with van der Waals surface area (Å²) in [6, 6.07) is 21.3. The predicted octanol–water partition coefficient (Wildman–Crippen LogP) is 3.74. The Kier molecular flexibility index (Phi) is 2.86. The number of amides is 1. The third kappa shape index (κ3) is 2.11. The van der Waals surface area contributed by atoms with Crippen LogP contribution in [0.4, 0.5) is 5.69 Å². The maximum Gasteiger partial charge on any atom is 0.276 e. The lowest BCUT2D eigenvalue weighted by Crippen LogP contribution is -2.12. The first-order valence-corrected chi connectivity index (χ1v) is 7.05. The SMILES string of the molecule is O=C(Nc1cccc2ccccc12)c1cc2ccccn2n1. The van der Waals surface area contributed by atoms with Crippen molar-refractivity contribution in [2.45, 2.75) is 0 Å². The average Bonchev–Trinajstić information content (AvgIpc) is 2.99. The number of fused-ring (bicyclic) bond motifs is 2. The molecule has 2 aromatic carbocycles. The first-order chi connectivity index (χ1) is 10.8. The lowest BCUT2D eigenvalue weighted by atomic mass is 10.1. The molecule has 0 spiro atoms. The zero-order valence-corrected chi connectivity index (χ0v) is 11.7. The molecule has 4 heteroatoms. The van der Waals surface area contributed by atoms with Gasteiger partial charge in [-0.3, -0.25) is 4.79 Å². The van der Waals surface area contributed by atoms with Gasteiger partial charge in [0.25, 0.3) is 5.91 Å². The van der Waals surface area contributed by atoms with E-state index in [9.17, 15) is 4.79 Å². The highest BCUT2D eigenvalue weighted by molar-refractivity contribution is 6.08. The monoisotopic (exact) mass is 287 g/mol. The van der Waals surface area contributed by atoms with Crippen LogP contribution in [-0.4, -0.2) is 15.5 Å². The third-order valence-corrected chi connectivity index (χ3v) is 3.64. The normalized spacial score (nSPS) is 10.9. The highest BCUT2D eigenvalue weighted by Gasteiger charge is 2.12. The first kappa shape index (κ1) is 12.6. The van der Waals surface area contributed by atoms with Crippen LogP contribution in [0.1, 0.15) is 10.5 Å². The predicted molar refractivity (Wildman–Crippen MR) is 87.1 cm³/mol. The van der Waals surface area contributed by atoms with Crippen molar-refractivity contribution < 1.29 is 4.79 Å². The van der Waals surface area contributed by atoms with Gasteiger partial charge in [0.2, 0.25) is 0 Å². The van der Waals surface area contributed by atoms with Crippen LogP contribution in [0.5, 0.6) is 0 Å². The maximum absolute atomic E-state index is 12.4. The van der Waals surface area contributed by atoms with E-state index in [4.69, 9.17) is 0 Å². The molecule has 4 aromatic rings. The molecule has 0 saturated carbocycles. The van der Waals surface area contributed by atoms with Crippen LogP contribution in [0.25, 0.3) is 16.3 Å². The van der Waals surface area contributed by atoms with Gasteiger partial charge < -0.3 is 5.32 Å². The number of carbonyl (C=O) groups excluding carboxylic acids is 1. The Labute approximate surface area is 127 Å². The fraction of sp³-hybridized carbons (Fsp3) is 0. The molecule has 1 amide bonds. The van der Waals surface area contributed by atoms with Gasteiger partial charge in [0.05, 0.1) is 5.52 Å². The number of anilines is 1. The van der Waals surface area contributed by atoms with Crippen LogP contribution in [0.2, 0.25) is 0 Å². The molecule has 0 aliphatic rings. The summed E-state index contributed by atoms with van der Waals surface area (Å²) >= 11 is 0. The van der Waals surface area contributed by atoms with Crippen LogP contribution in [0.15, 0.2) is 72.9 Å². The minimum absolute atomic E-state index is 0.208. The van der Waals surface area contributed by atoms with Crippen LogP contribution in [0.3, 0.4) is 0 Å². The van der Waals surface area contributed by atoms with Crippen molar-refractivity contribution in [3.8, 4) is 0 Å². The molecule has 106 valence electrons. The molecule has 0 unspecified atom stereocenters. The number of nitrogens with zero attached hydrogens (tertiary/aromatic N) is 2. The van der Waals surface area contributed by atoms with Gasteiger partial charge in [-0.1, -0.05) is 42.5 Å². The summed E-state index contributed by atoms with van der Waals surface area (Å²) in [4.78, 5) is 12.4. The van der Waals surface area contributed by atoms with Crippen molar-refractivity contribution in [1.82, 2.24) is 9.61 Å². The van der Waals surface area contributed by atoms with Crippen molar-refractivity contribution >= 4 is 27.9 Å². The van der Waals surface area contributed by atoms with Crippen molar-refractivity contribution in [1.29, 1.82) is 0 Å². The summed E-state index contributed by atoms with van der Waals surface area (Å²) in [5.74, 6) is -0.208. The molecule has 4 rings (SSSR count). The molecule has 0 aliphatic carbocycles. The Hall–Kier alpha value is -3.14. The zero-order valence-electron chi connectivity index (χ0n) is 11.7. The highest BCUT2D eigenvalue weighted by atomic mass is 16.1. The third-order valence-electron chi connectivity index (χ3n) is 3.64. The molecule has 4 nitrogen and oxygen atoms in total. The Balaban J connectivity index is 1.71. The van der Waals surface area contributed by atoms with Gasteiger partial charge in [-0.05, 0) is 29.7 Å². The average molecular weight is 287 g/mol. The molecule has 0 radical (unpaired) electrons. The lowest BCUT2D eigenvalue weighted by molar-refractivity contribution is 0.102. The van der Waals surface area contributed by atoms with Gasteiger partial charge in [0, 0.05) is 17.3 Å². The minimum atomic E-state index is -0.208. The van der Waals surface area contributed by atoms with E-state index in [-0.39, 0.29) is 5.91 Å². The van der Waals surface area contributed by atoms with Crippen molar-refractivity contribution in [2.24, 2.45) is 0 Å². The molecule has 1 N–H and O–H groups in total. The van der Waals surface area contributed by atoms with Crippen LogP contribution in [0, 0.1) is 0 Å². The van der Waals surface area contributed by atoms with Crippen LogP contribution < -0.4 is 5.32 Å². The van der Waals surface area contributed by atoms with Crippen molar-refractivity contribution in [3.05, 3.63) is 78.6 Å². The second-order valence-corrected chi connectivity index (χ2v) is 5.08. The Morgan fingerprint density at radius 3 is 2.68 bits per heavy atom. The quantitative estimate of drug-likeness (QED) is 0.610. The molecule has 0 fully saturated rings. The number of aromatic nitrogens is 2. The first-order valence-electron chi connectivity index (χ1n) is 7.05. The van der Waals surface area contributed by atoms with Crippen LogP contribution >= 0.6 is 0 Å². The Morgan fingerprint density at radius 1 is 0.955 bits per heavy atom. The van der Waals surface area contributed by atoms with E-state index in [0.717, 1.165) is 22.0 Å². The van der Waals surface area contributed by atoms with Crippen molar-refractivity contribution in [3.63, 3.8) is 0 Å². The van der Waals surface area contributed by atoms with Gasteiger partial charge in [-0.25, -0.2) is 4.52 Å². The smallest absolute Gasteiger partial charge is 0.276 e. The molecule has 2 heterocycles. The number of carbonyl (C=O) groups is 1. The number of rotatable bonds is 2. The van der Waals surface area contributed by atoms with Crippen molar-refractivity contribution in [2.75, 3.05) is 5.32 Å². The number of hydrogen-bond donors (Lipinski definition) is 1. The molecule has 22 heavy (non-hydrogen) atoms. The topological polar surface area (TPSA) is 46.4 Å². The Bertz CT molecular complexity index is 949. The van der Waals surface area contributed by atoms with E-state index < -0.39 is 0 Å². The van der Waals surface area contributed by atoms with E-state index in [1.165, 1.54) is 0 Å². The largest absolute Gasteiger partial charge is 0.320 e. The summed E-state index contributed by atoms with van der Waals surface area (Å²) in [5, 5.41) is 9.35. The number of pyridine rings is 1. The van der Waals surface area contributed by atoms with E-state index >= 15 is 0 Å². The standard InChI is InChI=1S/C18H13N3O/c22-18(17-12-14-8-3-4-11-21(14)20-17)19-16-10-5-7-13-6-1-2-9-15(13)16/h1-12H,(H,19,22). The molecule has 0 bridgehead atoms. The number of benzene rings is 2. The number of nitrogens with one attached hydrogen (secondary N) is 1. The van der Waals surface area contributed by atoms with E-state index in [1.54, 1.807) is 10.6 Å². The van der Waals surface area contributed by atoms with Crippen LogP contribution in [-0.2, 0) is 0 Å². The maximum atomic E-state index is 12.4. The second kappa shape index (κ2) is 5.00. The summed E-state index contributed by atoms with van der Waals surface area (Å²) in [5.41, 5.74) is 2.09. The fourth-order valence-electron chi connectivity index (χ4n) is 2.57. The molecular weight excluding hydrogens is 274 g/mol. The minimum Gasteiger partial charge on any atom is -0.320 e. The lowest BCUT2D eigenvalue weighted by Gasteiger charge is -2.07. The summed E-state index contributed by atoms with van der Waals surface area (Å²) in [6.07, 6.45) is 1.82. The molecule has 0 atom stereocenters. The molecule has 0 saturated heterocycles. The van der Waals surface area contributed by atoms with E-state index in [1.807, 2.05) is 66.9 Å². The highest BCUT2D eigenvalue weighted by Crippen LogP contribution is 2.23. The summed E-state index contributed by atoms with van der Waals surface area (Å²) < 4.78 is 1.69. The zero-order chi connectivity index (χ0) is 14.9. The van der Waals surface area contributed by atoms with Gasteiger partial charge in [-0.15, -0.1) is 0 Å². The molecule has 0 aliphatic heterocycles. The van der Waals surface area contributed by atoms with Gasteiger partial charge in [-0.2, -0.15) is 5.10 Å². The summed E-state index contributed by atoms with van der Waals surface area (Å²) in [6.45, 7) is 0. The molecule has 2 aromatic heterocycles. The Morgan fingerprint density at radius 2 is 1.77 bits per heavy atom. The fourth-order valence-corrected chi connectivity index (χ4v) is 2.57. The van der Waals surface area contributed by atoms with Gasteiger partial charge in [0.1, 0.15) is 0 Å². The summed E-state index contributed by atoms with van der Waals surface area (Å²) in [7, 11) is 0. The van der Waals surface area contributed by atoms with Gasteiger partial charge in [0.15, 0.2) is 5.69 Å². The second-order valence-electron chi connectivity index (χ2n) is 5.08.